The van der Waals surface area contributed by atoms with Crippen LogP contribution in [0.3, 0.4) is 0 Å². The van der Waals surface area contributed by atoms with Crippen molar-refractivity contribution in [2.45, 2.75) is 76.9 Å². The highest BCUT2D eigenvalue weighted by atomic mass is 32.1. The van der Waals surface area contributed by atoms with Crippen LogP contribution in [0, 0.1) is 6.92 Å². The molecule has 0 radical (unpaired) electrons. The molecule has 2 fully saturated rings. The van der Waals surface area contributed by atoms with Crippen molar-refractivity contribution < 1.29 is 9.59 Å². The van der Waals surface area contributed by atoms with Crippen molar-refractivity contribution in [2.24, 2.45) is 0 Å². The first kappa shape index (κ1) is 19.3. The number of aromatic nitrogens is 1. The molecular weight excluding hydrogens is 348 g/mol. The SMILES string of the molecule is Cc1ncsc1C(=O)NC1CCN([C@H](C)C(=O)NC2CCCCC2)CC1. The lowest BCUT2D eigenvalue weighted by Crippen LogP contribution is -2.53. The van der Waals surface area contributed by atoms with E-state index in [1.807, 2.05) is 13.8 Å². The van der Waals surface area contributed by atoms with Crippen molar-refractivity contribution in [3.8, 4) is 0 Å². The fourth-order valence-electron chi connectivity index (χ4n) is 3.94. The standard InChI is InChI=1S/C19H30N4O2S/c1-13-17(26-12-20-13)19(25)22-16-8-10-23(11-9-16)14(2)18(24)21-15-6-4-3-5-7-15/h12,14-16H,3-11H2,1-2H3,(H,21,24)(H,22,25)/t14-/m1/s1. The molecule has 1 aromatic rings. The van der Waals surface area contributed by atoms with E-state index in [0.717, 1.165) is 44.5 Å². The summed E-state index contributed by atoms with van der Waals surface area (Å²) in [5.74, 6) is 0.131. The molecule has 1 aliphatic carbocycles. The number of nitrogens with zero attached hydrogens (tertiary/aromatic N) is 2. The number of hydrogen-bond acceptors (Lipinski definition) is 5. The molecule has 2 aliphatic rings. The Morgan fingerprint density at radius 1 is 1.12 bits per heavy atom. The summed E-state index contributed by atoms with van der Waals surface area (Å²) in [5, 5.41) is 6.35. The van der Waals surface area contributed by atoms with Gasteiger partial charge in [-0.25, -0.2) is 4.98 Å². The van der Waals surface area contributed by atoms with E-state index >= 15 is 0 Å². The predicted octanol–water partition coefficient (Wildman–Crippen LogP) is 2.48. The van der Waals surface area contributed by atoms with E-state index < -0.39 is 0 Å². The predicted molar refractivity (Wildman–Crippen MR) is 103 cm³/mol. The first-order chi connectivity index (χ1) is 12.5. The molecular formula is C19H30N4O2S. The van der Waals surface area contributed by atoms with E-state index in [-0.39, 0.29) is 23.9 Å². The summed E-state index contributed by atoms with van der Waals surface area (Å²) < 4.78 is 0. The second kappa shape index (κ2) is 8.95. The van der Waals surface area contributed by atoms with Crippen LogP contribution in [0.1, 0.15) is 67.2 Å². The second-order valence-electron chi connectivity index (χ2n) is 7.57. The third-order valence-electron chi connectivity index (χ3n) is 5.70. The summed E-state index contributed by atoms with van der Waals surface area (Å²) in [6.45, 7) is 5.54. The maximum absolute atomic E-state index is 12.5. The molecule has 1 aromatic heterocycles. The molecule has 2 N–H and O–H groups in total. The van der Waals surface area contributed by atoms with Gasteiger partial charge in [0.05, 0.1) is 17.2 Å². The van der Waals surface area contributed by atoms with Crippen LogP contribution >= 0.6 is 11.3 Å². The average Bonchev–Trinajstić information content (AvgIpc) is 3.08. The van der Waals surface area contributed by atoms with E-state index in [9.17, 15) is 9.59 Å². The summed E-state index contributed by atoms with van der Waals surface area (Å²) in [5.41, 5.74) is 2.50. The Bertz CT molecular complexity index is 619. The third kappa shape index (κ3) is 4.82. The van der Waals surface area contributed by atoms with Crippen molar-refractivity contribution in [3.63, 3.8) is 0 Å². The summed E-state index contributed by atoms with van der Waals surface area (Å²) in [4.78, 5) is 31.9. The van der Waals surface area contributed by atoms with Crippen molar-refractivity contribution in [1.29, 1.82) is 0 Å². The molecule has 1 saturated carbocycles. The Hall–Kier alpha value is -1.47. The van der Waals surface area contributed by atoms with Gasteiger partial charge < -0.3 is 10.6 Å². The fourth-order valence-corrected chi connectivity index (χ4v) is 4.64. The van der Waals surface area contributed by atoms with E-state index in [1.54, 1.807) is 5.51 Å². The van der Waals surface area contributed by atoms with Crippen molar-refractivity contribution in [1.82, 2.24) is 20.5 Å². The summed E-state index contributed by atoms with van der Waals surface area (Å²) in [7, 11) is 0. The Morgan fingerprint density at radius 3 is 2.38 bits per heavy atom. The van der Waals surface area contributed by atoms with E-state index in [1.165, 1.54) is 30.6 Å². The third-order valence-corrected chi connectivity index (χ3v) is 6.62. The molecule has 2 heterocycles. The van der Waals surface area contributed by atoms with E-state index in [0.29, 0.717) is 10.9 Å². The van der Waals surface area contributed by atoms with Gasteiger partial charge in [0.2, 0.25) is 5.91 Å². The number of likely N-dealkylation sites (tertiary alicyclic amines) is 1. The lowest BCUT2D eigenvalue weighted by Gasteiger charge is -2.36. The fraction of sp³-hybridized carbons (Fsp3) is 0.737. The molecule has 6 nitrogen and oxygen atoms in total. The highest BCUT2D eigenvalue weighted by molar-refractivity contribution is 7.11. The Kier molecular flexibility index (Phi) is 6.64. The maximum Gasteiger partial charge on any atom is 0.263 e. The molecule has 7 heteroatoms. The summed E-state index contributed by atoms with van der Waals surface area (Å²) >= 11 is 1.39. The van der Waals surface area contributed by atoms with Crippen LogP contribution in [-0.2, 0) is 4.79 Å². The molecule has 0 spiro atoms. The number of aryl methyl sites for hydroxylation is 1. The van der Waals surface area contributed by atoms with Gasteiger partial charge in [-0.15, -0.1) is 11.3 Å². The van der Waals surface area contributed by atoms with Gasteiger partial charge in [-0.05, 0) is 39.5 Å². The normalized spacial score (nSPS) is 21.3. The number of carbonyl (C=O) groups excluding carboxylic acids is 2. The largest absolute Gasteiger partial charge is 0.352 e. The molecule has 144 valence electrons. The maximum atomic E-state index is 12.5. The lowest BCUT2D eigenvalue weighted by molar-refractivity contribution is -0.127. The van der Waals surface area contributed by atoms with Gasteiger partial charge in [-0.1, -0.05) is 19.3 Å². The molecule has 3 rings (SSSR count). The molecule has 1 saturated heterocycles. The van der Waals surface area contributed by atoms with Crippen LogP contribution in [0.5, 0.6) is 0 Å². The first-order valence-corrected chi connectivity index (χ1v) is 10.7. The van der Waals surface area contributed by atoms with Crippen LogP contribution in [0.15, 0.2) is 5.51 Å². The van der Waals surface area contributed by atoms with Gasteiger partial charge >= 0.3 is 0 Å². The minimum absolute atomic E-state index is 0.0217. The number of carbonyl (C=O) groups is 2. The van der Waals surface area contributed by atoms with E-state index in [4.69, 9.17) is 0 Å². The highest BCUT2D eigenvalue weighted by Crippen LogP contribution is 2.19. The van der Waals surface area contributed by atoms with Gasteiger partial charge in [0.1, 0.15) is 4.88 Å². The van der Waals surface area contributed by atoms with Crippen molar-refractivity contribution >= 4 is 23.2 Å². The molecule has 0 bridgehead atoms. The zero-order valence-corrected chi connectivity index (χ0v) is 16.6. The quantitative estimate of drug-likeness (QED) is 0.825. The molecule has 0 unspecified atom stereocenters. The number of rotatable bonds is 5. The monoisotopic (exact) mass is 378 g/mol. The number of piperidine rings is 1. The molecule has 1 atom stereocenters. The Balaban J connectivity index is 1.43. The number of nitrogens with one attached hydrogen (secondary N) is 2. The van der Waals surface area contributed by atoms with Gasteiger partial charge in [-0.3, -0.25) is 14.5 Å². The average molecular weight is 379 g/mol. The highest BCUT2D eigenvalue weighted by Gasteiger charge is 2.29. The van der Waals surface area contributed by atoms with Crippen molar-refractivity contribution in [3.05, 3.63) is 16.1 Å². The second-order valence-corrected chi connectivity index (χ2v) is 8.42. The topological polar surface area (TPSA) is 74.3 Å². The first-order valence-electron chi connectivity index (χ1n) is 9.80. The number of thiazole rings is 1. The van der Waals surface area contributed by atoms with Crippen LogP contribution in [-0.4, -0.2) is 52.9 Å². The Labute approximate surface area is 159 Å². The number of amides is 2. The van der Waals surface area contributed by atoms with Crippen LogP contribution in [0.2, 0.25) is 0 Å². The lowest BCUT2D eigenvalue weighted by atomic mass is 9.95. The summed E-state index contributed by atoms with van der Waals surface area (Å²) in [6, 6.07) is 0.435. The van der Waals surface area contributed by atoms with Crippen LogP contribution < -0.4 is 10.6 Å². The van der Waals surface area contributed by atoms with Crippen LogP contribution in [0.25, 0.3) is 0 Å². The summed E-state index contributed by atoms with van der Waals surface area (Å²) in [6.07, 6.45) is 7.73. The zero-order valence-electron chi connectivity index (χ0n) is 15.8. The zero-order chi connectivity index (χ0) is 18.5. The van der Waals surface area contributed by atoms with Gasteiger partial charge in [0, 0.05) is 25.2 Å². The molecule has 0 aromatic carbocycles. The van der Waals surface area contributed by atoms with Crippen molar-refractivity contribution in [2.75, 3.05) is 13.1 Å². The van der Waals surface area contributed by atoms with E-state index in [2.05, 4.69) is 20.5 Å². The smallest absolute Gasteiger partial charge is 0.263 e. The van der Waals surface area contributed by atoms with Gasteiger partial charge in [-0.2, -0.15) is 0 Å². The minimum Gasteiger partial charge on any atom is -0.352 e. The molecule has 2 amide bonds. The minimum atomic E-state index is -0.0997. The van der Waals surface area contributed by atoms with Crippen LogP contribution in [0.4, 0.5) is 0 Å². The van der Waals surface area contributed by atoms with Gasteiger partial charge in [0.25, 0.3) is 5.91 Å². The molecule has 26 heavy (non-hydrogen) atoms. The number of hydrogen-bond donors (Lipinski definition) is 2. The Morgan fingerprint density at radius 2 is 1.77 bits per heavy atom. The van der Waals surface area contributed by atoms with Gasteiger partial charge in [0.15, 0.2) is 0 Å². The molecule has 1 aliphatic heterocycles.